The van der Waals surface area contributed by atoms with Gasteiger partial charge in [0, 0.05) is 0 Å². The van der Waals surface area contributed by atoms with Gasteiger partial charge in [-0.3, -0.25) is 5.32 Å². The first kappa shape index (κ1) is 13.6. The SMILES string of the molecule is N#CN.N#CNC(=S)Nc1ccccc1F. The Labute approximate surface area is 97.3 Å². The van der Waals surface area contributed by atoms with Crippen molar-refractivity contribution in [2.75, 3.05) is 5.32 Å². The van der Waals surface area contributed by atoms with E-state index in [-0.39, 0.29) is 10.8 Å². The van der Waals surface area contributed by atoms with Crippen LogP contribution in [-0.4, -0.2) is 5.11 Å². The second-order valence-corrected chi connectivity index (χ2v) is 2.71. The maximum atomic E-state index is 13.0. The predicted molar refractivity (Wildman–Crippen MR) is 61.2 cm³/mol. The smallest absolute Gasteiger partial charge is 0.184 e. The van der Waals surface area contributed by atoms with E-state index in [0.29, 0.717) is 0 Å². The monoisotopic (exact) mass is 237 g/mol. The lowest BCUT2D eigenvalue weighted by Crippen LogP contribution is -2.24. The number of nitrogens with one attached hydrogen (secondary N) is 2. The van der Waals surface area contributed by atoms with Gasteiger partial charge in [0.25, 0.3) is 0 Å². The molecular weight excluding hydrogens is 229 g/mol. The van der Waals surface area contributed by atoms with Crippen molar-refractivity contribution in [1.82, 2.24) is 5.32 Å². The molecule has 7 heteroatoms. The van der Waals surface area contributed by atoms with Gasteiger partial charge in [-0.2, -0.15) is 10.5 Å². The molecule has 0 aliphatic heterocycles. The second kappa shape index (κ2) is 7.97. The fraction of sp³-hybridized carbons (Fsp3) is 0. The minimum absolute atomic E-state index is 0.0765. The highest BCUT2D eigenvalue weighted by atomic mass is 32.1. The molecule has 1 rings (SSSR count). The van der Waals surface area contributed by atoms with Crippen LogP contribution < -0.4 is 16.4 Å². The normalized spacial score (nSPS) is 7.44. The first-order valence-electron chi connectivity index (χ1n) is 3.96. The zero-order valence-electron chi connectivity index (χ0n) is 8.07. The molecule has 1 aromatic rings. The van der Waals surface area contributed by atoms with Gasteiger partial charge in [-0.25, -0.2) is 4.39 Å². The second-order valence-electron chi connectivity index (χ2n) is 2.30. The van der Waals surface area contributed by atoms with E-state index < -0.39 is 5.82 Å². The van der Waals surface area contributed by atoms with Crippen LogP contribution >= 0.6 is 12.2 Å². The summed E-state index contributed by atoms with van der Waals surface area (Å²) in [7, 11) is 0. The average molecular weight is 237 g/mol. The van der Waals surface area contributed by atoms with Crippen LogP contribution in [0.5, 0.6) is 0 Å². The molecule has 5 nitrogen and oxygen atoms in total. The van der Waals surface area contributed by atoms with Crippen molar-refractivity contribution in [2.24, 2.45) is 5.73 Å². The minimum atomic E-state index is -0.412. The Kier molecular flexibility index (Phi) is 6.79. The summed E-state index contributed by atoms with van der Waals surface area (Å²) >= 11 is 4.68. The van der Waals surface area contributed by atoms with Gasteiger partial charge < -0.3 is 11.1 Å². The molecular formula is C9H8FN5S. The Morgan fingerprint density at radius 2 is 1.94 bits per heavy atom. The van der Waals surface area contributed by atoms with Crippen molar-refractivity contribution in [3.05, 3.63) is 30.1 Å². The topological polar surface area (TPSA) is 97.7 Å². The Hall–Kier alpha value is -2.38. The lowest BCUT2D eigenvalue weighted by atomic mass is 10.3. The van der Waals surface area contributed by atoms with Gasteiger partial charge in [-0.1, -0.05) is 12.1 Å². The molecule has 0 unspecified atom stereocenters. The minimum Gasteiger partial charge on any atom is -0.337 e. The summed E-state index contributed by atoms with van der Waals surface area (Å²) in [5.41, 5.74) is 4.40. The maximum absolute atomic E-state index is 13.0. The van der Waals surface area contributed by atoms with E-state index in [1.54, 1.807) is 18.3 Å². The first-order valence-corrected chi connectivity index (χ1v) is 4.36. The highest BCUT2D eigenvalue weighted by molar-refractivity contribution is 7.80. The van der Waals surface area contributed by atoms with E-state index in [9.17, 15) is 4.39 Å². The van der Waals surface area contributed by atoms with Gasteiger partial charge >= 0.3 is 0 Å². The van der Waals surface area contributed by atoms with Crippen molar-refractivity contribution in [3.8, 4) is 12.4 Å². The summed E-state index contributed by atoms with van der Waals surface area (Å²) in [6.07, 6.45) is 2.88. The fourth-order valence-corrected chi connectivity index (χ4v) is 0.923. The van der Waals surface area contributed by atoms with E-state index in [0.717, 1.165) is 0 Å². The molecule has 0 atom stereocenters. The van der Waals surface area contributed by atoms with Crippen molar-refractivity contribution in [2.45, 2.75) is 0 Å². The van der Waals surface area contributed by atoms with E-state index in [2.05, 4.69) is 28.6 Å². The number of thiocarbonyl (C=S) groups is 1. The van der Waals surface area contributed by atoms with Gasteiger partial charge in [0.2, 0.25) is 0 Å². The molecule has 0 aliphatic carbocycles. The molecule has 0 heterocycles. The molecule has 1 aromatic carbocycles. The summed E-state index contributed by atoms with van der Waals surface area (Å²) in [6, 6.07) is 6.07. The number of anilines is 1. The van der Waals surface area contributed by atoms with Gasteiger partial charge in [0.1, 0.15) is 5.82 Å². The van der Waals surface area contributed by atoms with Crippen molar-refractivity contribution in [1.29, 1.82) is 10.5 Å². The number of hydrogen-bond acceptors (Lipinski definition) is 4. The Morgan fingerprint density at radius 1 is 1.38 bits per heavy atom. The Morgan fingerprint density at radius 3 is 2.44 bits per heavy atom. The molecule has 0 saturated carbocycles. The number of hydrogen-bond donors (Lipinski definition) is 3. The highest BCUT2D eigenvalue weighted by Crippen LogP contribution is 2.11. The largest absolute Gasteiger partial charge is 0.337 e. The van der Waals surface area contributed by atoms with Crippen LogP contribution in [0.3, 0.4) is 0 Å². The van der Waals surface area contributed by atoms with Crippen LogP contribution in [0.25, 0.3) is 0 Å². The van der Waals surface area contributed by atoms with Crippen LogP contribution in [0.15, 0.2) is 24.3 Å². The van der Waals surface area contributed by atoms with E-state index >= 15 is 0 Å². The number of nitrogens with two attached hydrogens (primary N) is 1. The number of rotatable bonds is 1. The van der Waals surface area contributed by atoms with Gasteiger partial charge in [-0.05, 0) is 24.4 Å². The third-order valence-electron chi connectivity index (χ3n) is 1.29. The number of para-hydroxylation sites is 1. The van der Waals surface area contributed by atoms with Crippen LogP contribution in [0.4, 0.5) is 10.1 Å². The molecule has 0 bridgehead atoms. The van der Waals surface area contributed by atoms with E-state index in [4.69, 9.17) is 10.5 Å². The fourth-order valence-electron chi connectivity index (χ4n) is 0.767. The van der Waals surface area contributed by atoms with Gasteiger partial charge in [0.05, 0.1) is 5.69 Å². The molecule has 0 aromatic heterocycles. The Bertz CT molecular complexity index is 434. The summed E-state index contributed by atoms with van der Waals surface area (Å²) in [5.74, 6) is -0.412. The summed E-state index contributed by atoms with van der Waals surface area (Å²) in [4.78, 5) is 0. The zero-order valence-corrected chi connectivity index (χ0v) is 8.88. The van der Waals surface area contributed by atoms with Crippen molar-refractivity contribution < 1.29 is 4.39 Å². The van der Waals surface area contributed by atoms with Crippen LogP contribution in [0.2, 0.25) is 0 Å². The molecule has 0 amide bonds. The van der Waals surface area contributed by atoms with Crippen molar-refractivity contribution in [3.63, 3.8) is 0 Å². The number of nitriles is 2. The lowest BCUT2D eigenvalue weighted by molar-refractivity contribution is 0.632. The molecule has 16 heavy (non-hydrogen) atoms. The van der Waals surface area contributed by atoms with Crippen molar-refractivity contribution >= 4 is 23.0 Å². The zero-order chi connectivity index (χ0) is 12.4. The lowest BCUT2D eigenvalue weighted by Gasteiger charge is -2.05. The molecule has 4 N–H and O–H groups in total. The Balaban J connectivity index is 0.000000673. The highest BCUT2D eigenvalue weighted by Gasteiger charge is 2.00. The third-order valence-corrected chi connectivity index (χ3v) is 1.50. The third kappa shape index (κ3) is 5.37. The summed E-state index contributed by atoms with van der Waals surface area (Å²) in [5, 5.41) is 20.1. The number of benzene rings is 1. The van der Waals surface area contributed by atoms with Gasteiger partial charge in [0.15, 0.2) is 17.5 Å². The molecule has 0 fully saturated rings. The maximum Gasteiger partial charge on any atom is 0.184 e. The quantitative estimate of drug-likeness (QED) is 0.383. The summed E-state index contributed by atoms with van der Waals surface area (Å²) in [6.45, 7) is 0. The van der Waals surface area contributed by atoms with Crippen LogP contribution in [-0.2, 0) is 0 Å². The average Bonchev–Trinajstić information content (AvgIpc) is 2.23. The predicted octanol–water partition coefficient (Wildman–Crippen LogP) is 1.02. The first-order chi connectivity index (χ1) is 7.65. The number of halogens is 1. The number of nitrogens with zero attached hydrogens (tertiary/aromatic N) is 2. The molecule has 0 spiro atoms. The van der Waals surface area contributed by atoms with E-state index in [1.165, 1.54) is 18.3 Å². The van der Waals surface area contributed by atoms with Gasteiger partial charge in [-0.15, -0.1) is 0 Å². The molecule has 0 radical (unpaired) electrons. The standard InChI is InChI=1S/C8H6FN3S.CH2N2/c9-6-3-1-2-4-7(6)12-8(13)11-5-10;2-1-3/h1-4H,(H2,11,12,13);2H2. The van der Waals surface area contributed by atoms with E-state index in [1.807, 2.05) is 0 Å². The molecule has 82 valence electrons. The molecule has 0 aliphatic rings. The van der Waals surface area contributed by atoms with Crippen LogP contribution in [0.1, 0.15) is 0 Å². The van der Waals surface area contributed by atoms with Crippen LogP contribution in [0, 0.1) is 28.7 Å². The summed E-state index contributed by atoms with van der Waals surface area (Å²) < 4.78 is 13.0. The molecule has 0 saturated heterocycles.